The van der Waals surface area contributed by atoms with Crippen LogP contribution in [-0.2, 0) is 11.4 Å². The maximum Gasteiger partial charge on any atom is 0.231 e. The van der Waals surface area contributed by atoms with Gasteiger partial charge in [0.15, 0.2) is 11.5 Å². The molecule has 2 fully saturated rings. The van der Waals surface area contributed by atoms with E-state index in [0.717, 1.165) is 16.9 Å². The average Bonchev–Trinajstić information content (AvgIpc) is 2.98. The van der Waals surface area contributed by atoms with E-state index in [-0.39, 0.29) is 29.3 Å². The summed E-state index contributed by atoms with van der Waals surface area (Å²) in [7, 11) is 1.66. The third-order valence-corrected chi connectivity index (χ3v) is 6.62. The number of methoxy groups -OCH3 is 1. The van der Waals surface area contributed by atoms with Crippen LogP contribution < -0.4 is 25.6 Å². The predicted molar refractivity (Wildman–Crippen MR) is 110 cm³/mol. The number of thioether (sulfide) groups is 1. The number of ether oxygens (including phenoxy) is 2. The number of hydrogen-bond donors (Lipinski definition) is 3. The summed E-state index contributed by atoms with van der Waals surface area (Å²) in [6, 6.07) is 16.4. The largest absolute Gasteiger partial charge is 0.493 e. The summed E-state index contributed by atoms with van der Waals surface area (Å²) in [6.07, 6.45) is -0.0810. The van der Waals surface area contributed by atoms with E-state index in [4.69, 9.17) is 9.47 Å². The minimum atomic E-state index is -0.0810. The van der Waals surface area contributed by atoms with E-state index in [2.05, 4.69) is 29.2 Å². The third kappa shape index (κ3) is 3.97. The van der Waals surface area contributed by atoms with E-state index < -0.39 is 0 Å². The van der Waals surface area contributed by atoms with Gasteiger partial charge in [-0.15, -0.1) is 11.8 Å². The van der Waals surface area contributed by atoms with Crippen molar-refractivity contribution in [1.29, 1.82) is 0 Å². The topological polar surface area (TPSA) is 71.6 Å². The zero-order valence-electron chi connectivity index (χ0n) is 16.0. The van der Waals surface area contributed by atoms with Gasteiger partial charge in [-0.1, -0.05) is 36.4 Å². The molecular formula is C21H25N3O3S. The highest BCUT2D eigenvalue weighted by molar-refractivity contribution is 8.00. The normalized spacial score (nSPS) is 26.9. The van der Waals surface area contributed by atoms with Gasteiger partial charge >= 0.3 is 0 Å². The molecule has 4 rings (SSSR count). The number of fused-ring (bicyclic) bond motifs is 1. The van der Waals surface area contributed by atoms with Crippen LogP contribution in [-0.4, -0.2) is 31.0 Å². The monoisotopic (exact) mass is 399 g/mol. The Labute approximate surface area is 169 Å². The predicted octanol–water partition coefficient (Wildman–Crippen LogP) is 2.62. The molecule has 0 radical (unpaired) electrons. The molecule has 0 spiro atoms. The zero-order chi connectivity index (χ0) is 19.5. The van der Waals surface area contributed by atoms with Crippen LogP contribution in [0.2, 0.25) is 0 Å². The van der Waals surface area contributed by atoms with Crippen LogP contribution in [0, 0.1) is 5.92 Å². The Bertz CT molecular complexity index is 833. The van der Waals surface area contributed by atoms with Crippen LogP contribution in [0.4, 0.5) is 0 Å². The highest BCUT2D eigenvalue weighted by atomic mass is 32.2. The van der Waals surface area contributed by atoms with Crippen molar-refractivity contribution in [3.05, 3.63) is 59.7 Å². The van der Waals surface area contributed by atoms with Crippen molar-refractivity contribution < 1.29 is 14.3 Å². The van der Waals surface area contributed by atoms with Crippen LogP contribution in [0.1, 0.15) is 23.3 Å². The van der Waals surface area contributed by atoms with Gasteiger partial charge < -0.3 is 14.8 Å². The fourth-order valence-corrected chi connectivity index (χ4v) is 5.17. The first-order valence-electron chi connectivity index (χ1n) is 9.42. The van der Waals surface area contributed by atoms with Crippen LogP contribution in [0.3, 0.4) is 0 Å². The number of hydrogen-bond acceptors (Lipinski definition) is 6. The first-order valence-corrected chi connectivity index (χ1v) is 10.5. The molecule has 0 saturated carbocycles. The highest BCUT2D eigenvalue weighted by Crippen LogP contribution is 2.44. The summed E-state index contributed by atoms with van der Waals surface area (Å²) in [6.45, 7) is 2.62. The van der Waals surface area contributed by atoms with Gasteiger partial charge in [-0.25, -0.2) is 5.43 Å². The molecular weight excluding hydrogens is 374 g/mol. The summed E-state index contributed by atoms with van der Waals surface area (Å²) in [5, 5.41) is 3.23. The molecule has 148 valence electrons. The Morgan fingerprint density at radius 1 is 1.11 bits per heavy atom. The molecule has 4 atom stereocenters. The highest BCUT2D eigenvalue weighted by Gasteiger charge is 2.42. The lowest BCUT2D eigenvalue weighted by atomic mass is 9.91. The van der Waals surface area contributed by atoms with Gasteiger partial charge in [-0.2, -0.15) is 0 Å². The zero-order valence-corrected chi connectivity index (χ0v) is 16.8. The van der Waals surface area contributed by atoms with Gasteiger partial charge in [-0.3, -0.25) is 10.2 Å². The second-order valence-corrected chi connectivity index (χ2v) is 8.25. The van der Waals surface area contributed by atoms with Crippen molar-refractivity contribution in [3.8, 4) is 11.5 Å². The standard InChI is InChI=1S/C21H25N3O3S/c1-13-19-20(28-12-18(25)22-21(19)24-23-13)15-8-9-16(17(10-15)26-2)27-11-14-6-4-3-5-7-14/h3-10,13,19-21,23-24H,11-12H2,1-2H3,(H,22,25). The lowest BCUT2D eigenvalue weighted by Gasteiger charge is -2.27. The molecule has 4 unspecified atom stereocenters. The lowest BCUT2D eigenvalue weighted by Crippen LogP contribution is -2.46. The number of amides is 1. The van der Waals surface area contributed by atoms with Crippen LogP contribution in [0.25, 0.3) is 0 Å². The second-order valence-electron chi connectivity index (χ2n) is 7.12. The quantitative estimate of drug-likeness (QED) is 0.718. The summed E-state index contributed by atoms with van der Waals surface area (Å²) in [5.74, 6) is 2.16. The fraction of sp³-hybridized carbons (Fsp3) is 0.381. The number of nitrogens with one attached hydrogen (secondary N) is 3. The minimum Gasteiger partial charge on any atom is -0.493 e. The smallest absolute Gasteiger partial charge is 0.231 e. The first kappa shape index (κ1) is 19.1. The number of carbonyl (C=O) groups excluding carboxylic acids is 1. The molecule has 3 N–H and O–H groups in total. The first-order chi connectivity index (χ1) is 13.7. The fourth-order valence-electron chi connectivity index (χ4n) is 3.80. The van der Waals surface area contributed by atoms with Gasteiger partial charge in [0.2, 0.25) is 5.91 Å². The summed E-state index contributed by atoms with van der Waals surface area (Å²) in [5.41, 5.74) is 8.71. The van der Waals surface area contributed by atoms with Gasteiger partial charge in [0.1, 0.15) is 6.61 Å². The van der Waals surface area contributed by atoms with Crippen molar-refractivity contribution in [2.75, 3.05) is 12.9 Å². The molecule has 28 heavy (non-hydrogen) atoms. The summed E-state index contributed by atoms with van der Waals surface area (Å²) < 4.78 is 11.6. The molecule has 7 heteroatoms. The average molecular weight is 400 g/mol. The van der Waals surface area contributed by atoms with Crippen molar-refractivity contribution in [2.24, 2.45) is 5.92 Å². The Morgan fingerprint density at radius 2 is 1.93 bits per heavy atom. The van der Waals surface area contributed by atoms with E-state index >= 15 is 0 Å². The van der Waals surface area contributed by atoms with Crippen LogP contribution in [0.15, 0.2) is 48.5 Å². The maximum atomic E-state index is 12.1. The van der Waals surface area contributed by atoms with Crippen molar-refractivity contribution in [3.63, 3.8) is 0 Å². The van der Waals surface area contributed by atoms with E-state index in [1.54, 1.807) is 18.9 Å². The third-order valence-electron chi connectivity index (χ3n) is 5.24. The Balaban J connectivity index is 1.56. The molecule has 0 bridgehead atoms. The van der Waals surface area contributed by atoms with Gasteiger partial charge in [0.05, 0.1) is 19.0 Å². The van der Waals surface area contributed by atoms with E-state index in [9.17, 15) is 4.79 Å². The molecule has 2 saturated heterocycles. The maximum absolute atomic E-state index is 12.1. The Morgan fingerprint density at radius 3 is 2.71 bits per heavy atom. The number of carbonyl (C=O) groups is 1. The van der Waals surface area contributed by atoms with Crippen molar-refractivity contribution in [1.82, 2.24) is 16.2 Å². The SMILES string of the molecule is COc1cc(C2SCC(=O)NC3NNC(C)C32)ccc1OCc1ccccc1. The lowest BCUT2D eigenvalue weighted by molar-refractivity contribution is -0.119. The molecule has 0 aliphatic carbocycles. The molecule has 2 aromatic carbocycles. The van der Waals surface area contributed by atoms with Crippen LogP contribution >= 0.6 is 11.8 Å². The summed E-state index contributed by atoms with van der Waals surface area (Å²) >= 11 is 1.67. The Kier molecular flexibility index (Phi) is 5.75. The van der Waals surface area contributed by atoms with Crippen molar-refractivity contribution >= 4 is 17.7 Å². The van der Waals surface area contributed by atoms with E-state index in [0.29, 0.717) is 18.1 Å². The number of benzene rings is 2. The molecule has 2 heterocycles. The van der Waals surface area contributed by atoms with E-state index in [1.165, 1.54) is 0 Å². The van der Waals surface area contributed by atoms with Gasteiger partial charge in [-0.05, 0) is 30.2 Å². The second kappa shape index (κ2) is 8.43. The minimum absolute atomic E-state index is 0.0562. The van der Waals surface area contributed by atoms with Gasteiger partial charge in [0.25, 0.3) is 0 Å². The number of hydrazine groups is 1. The van der Waals surface area contributed by atoms with Crippen LogP contribution in [0.5, 0.6) is 11.5 Å². The summed E-state index contributed by atoms with van der Waals surface area (Å²) in [4.78, 5) is 12.1. The van der Waals surface area contributed by atoms with Crippen molar-refractivity contribution in [2.45, 2.75) is 31.0 Å². The Hall–Kier alpha value is -2.22. The number of rotatable bonds is 5. The molecule has 1 amide bonds. The molecule has 0 aromatic heterocycles. The van der Waals surface area contributed by atoms with Gasteiger partial charge in [0, 0.05) is 17.2 Å². The molecule has 2 aliphatic heterocycles. The molecule has 6 nitrogen and oxygen atoms in total. The molecule has 2 aromatic rings. The van der Waals surface area contributed by atoms with E-state index in [1.807, 2.05) is 42.5 Å². The molecule has 2 aliphatic rings.